The van der Waals surface area contributed by atoms with Gasteiger partial charge in [-0.2, -0.15) is 0 Å². The number of esters is 1. The van der Waals surface area contributed by atoms with Crippen molar-refractivity contribution in [2.45, 2.75) is 71.4 Å². The minimum Gasteiger partial charge on any atom is -0.497 e. The molecule has 0 heterocycles. The number of nitrogens with one attached hydrogen (secondary N) is 1. The summed E-state index contributed by atoms with van der Waals surface area (Å²) in [6.07, 6.45) is 5.83. The number of amides is 1. The highest BCUT2D eigenvalue weighted by Gasteiger charge is 2.19. The van der Waals surface area contributed by atoms with Crippen molar-refractivity contribution >= 4 is 11.9 Å². The van der Waals surface area contributed by atoms with Crippen LogP contribution in [-0.4, -0.2) is 102 Å². The maximum absolute atomic E-state index is 12.3. The minimum atomic E-state index is -0.935. The van der Waals surface area contributed by atoms with Gasteiger partial charge in [0.15, 0.2) is 6.23 Å². The predicted molar refractivity (Wildman–Crippen MR) is 186 cm³/mol. The van der Waals surface area contributed by atoms with Crippen LogP contribution in [0, 0.1) is 0 Å². The summed E-state index contributed by atoms with van der Waals surface area (Å²) >= 11 is 0. The van der Waals surface area contributed by atoms with Crippen molar-refractivity contribution in [2.75, 3.05) is 74.3 Å². The van der Waals surface area contributed by atoms with Crippen molar-refractivity contribution in [3.8, 4) is 23.0 Å². The molecule has 0 saturated heterocycles. The molecule has 2 aromatic carbocycles. The van der Waals surface area contributed by atoms with Gasteiger partial charge in [0.2, 0.25) is 0 Å². The number of hydrogen-bond acceptors (Lipinski definition) is 10. The van der Waals surface area contributed by atoms with Crippen LogP contribution in [0.4, 0.5) is 0 Å². The fourth-order valence-electron chi connectivity index (χ4n) is 5.48. The highest BCUT2D eigenvalue weighted by Crippen LogP contribution is 2.26. The molecule has 1 atom stereocenters. The summed E-state index contributed by atoms with van der Waals surface area (Å²) in [5, 5.41) is 2.67. The molecule has 0 saturated carbocycles. The Morgan fingerprint density at radius 3 is 1.68 bits per heavy atom. The third kappa shape index (κ3) is 14.8. The topological polar surface area (TPSA) is 125 Å². The Bertz CT molecular complexity index is 1200. The van der Waals surface area contributed by atoms with Crippen molar-refractivity contribution in [1.29, 1.82) is 0 Å². The molecule has 0 aromatic heterocycles. The molecule has 47 heavy (non-hydrogen) atoms. The summed E-state index contributed by atoms with van der Waals surface area (Å²) in [6, 6.07) is 11.8. The Morgan fingerprint density at radius 1 is 0.702 bits per heavy atom. The van der Waals surface area contributed by atoms with Crippen LogP contribution in [0.2, 0.25) is 0 Å². The maximum Gasteiger partial charge on any atom is 0.398 e. The van der Waals surface area contributed by atoms with Crippen molar-refractivity contribution in [3.05, 3.63) is 47.5 Å². The average molecular weight is 659 g/mol. The normalized spacial score (nSPS) is 11.8. The number of carbonyl (C=O) groups is 2. The average Bonchev–Trinajstić information content (AvgIpc) is 3.08. The first kappa shape index (κ1) is 39.6. The van der Waals surface area contributed by atoms with E-state index in [1.807, 2.05) is 36.4 Å². The summed E-state index contributed by atoms with van der Waals surface area (Å²) < 4.78 is 26.9. The molecule has 1 unspecified atom stereocenters. The van der Waals surface area contributed by atoms with Crippen LogP contribution >= 0.6 is 0 Å². The zero-order chi connectivity index (χ0) is 34.4. The largest absolute Gasteiger partial charge is 0.497 e. The lowest BCUT2D eigenvalue weighted by molar-refractivity contribution is -0.159. The van der Waals surface area contributed by atoms with Crippen LogP contribution in [0.5, 0.6) is 23.0 Å². The fourth-order valence-corrected chi connectivity index (χ4v) is 5.48. The number of unbranched alkanes of at least 4 members (excludes halogenated alkanes) is 1. The van der Waals surface area contributed by atoms with E-state index >= 15 is 0 Å². The lowest BCUT2D eigenvalue weighted by Crippen LogP contribution is -2.38. The second kappa shape index (κ2) is 22.9. The quantitative estimate of drug-likeness (QED) is 0.0724. The van der Waals surface area contributed by atoms with E-state index in [1.54, 1.807) is 28.4 Å². The number of nitrogens with two attached hydrogens (primary N) is 1. The molecule has 0 aliphatic carbocycles. The lowest BCUT2D eigenvalue weighted by atomic mass is 10.1. The van der Waals surface area contributed by atoms with Crippen LogP contribution in [0.1, 0.15) is 63.5 Å². The molecule has 3 N–H and O–H groups in total. The molecule has 264 valence electrons. The van der Waals surface area contributed by atoms with Crippen LogP contribution in [0.25, 0.3) is 0 Å². The van der Waals surface area contributed by atoms with E-state index in [-0.39, 0.29) is 0 Å². The summed E-state index contributed by atoms with van der Waals surface area (Å²) in [5.41, 5.74) is 8.32. The number of hydrogen-bond donors (Lipinski definition) is 2. The van der Waals surface area contributed by atoms with Crippen molar-refractivity contribution in [2.24, 2.45) is 5.73 Å². The molecule has 2 rings (SSSR count). The highest BCUT2D eigenvalue weighted by atomic mass is 16.6. The number of methoxy groups -OCH3 is 4. The first-order valence-electron chi connectivity index (χ1n) is 16.9. The number of carbonyl (C=O) groups excluding carboxylic acids is 2. The molecule has 0 aliphatic rings. The predicted octanol–water partition coefficient (Wildman–Crippen LogP) is 4.43. The number of rotatable bonds is 24. The maximum atomic E-state index is 12.3. The van der Waals surface area contributed by atoms with E-state index in [4.69, 9.17) is 29.4 Å². The van der Waals surface area contributed by atoms with Gasteiger partial charge in [0.05, 0.1) is 28.4 Å². The second-order valence-corrected chi connectivity index (χ2v) is 11.6. The first-order chi connectivity index (χ1) is 22.8. The van der Waals surface area contributed by atoms with Gasteiger partial charge in [-0.05, 0) is 101 Å². The zero-order valence-electron chi connectivity index (χ0n) is 29.5. The van der Waals surface area contributed by atoms with Gasteiger partial charge in [-0.1, -0.05) is 26.0 Å². The SMILES string of the molecule is CCCN(CCCCNC(=O)C(=O)OC(N)CCCN(CCC)CCc1ccc(OC)cc1OC)CCc1ccc(OC)cc1OC. The monoisotopic (exact) mass is 658 g/mol. The number of benzene rings is 2. The minimum absolute atomic E-state index is 0.403. The van der Waals surface area contributed by atoms with Crippen LogP contribution in [0.15, 0.2) is 36.4 Å². The Hall–Kier alpha value is -3.54. The van der Waals surface area contributed by atoms with Crippen LogP contribution in [-0.2, 0) is 27.2 Å². The summed E-state index contributed by atoms with van der Waals surface area (Å²) in [4.78, 5) is 29.4. The third-order valence-corrected chi connectivity index (χ3v) is 8.06. The number of ether oxygens (including phenoxy) is 5. The van der Waals surface area contributed by atoms with Gasteiger partial charge in [0.25, 0.3) is 0 Å². The van der Waals surface area contributed by atoms with Gasteiger partial charge in [0.1, 0.15) is 23.0 Å². The van der Waals surface area contributed by atoms with Gasteiger partial charge < -0.3 is 38.8 Å². The van der Waals surface area contributed by atoms with Gasteiger partial charge in [-0.15, -0.1) is 0 Å². The summed E-state index contributed by atoms with van der Waals surface area (Å²) in [7, 11) is 6.62. The van der Waals surface area contributed by atoms with E-state index in [0.717, 1.165) is 118 Å². The third-order valence-electron chi connectivity index (χ3n) is 8.06. The first-order valence-corrected chi connectivity index (χ1v) is 16.9. The molecule has 0 spiro atoms. The second-order valence-electron chi connectivity index (χ2n) is 11.6. The number of nitrogens with zero attached hydrogens (tertiary/aromatic N) is 2. The molecule has 0 aliphatic heterocycles. The zero-order valence-corrected chi connectivity index (χ0v) is 29.5. The smallest absolute Gasteiger partial charge is 0.398 e. The standard InChI is InChI=1S/C36H58N4O7/c1-7-20-39(24-17-28-13-15-30(43-3)26-32(28)45-5)22-10-9-19-38-35(41)36(42)47-34(37)12-11-23-40(21-8-2)25-18-29-14-16-31(44-4)27-33(29)46-6/h13-16,26-27,34H,7-12,17-25,37H2,1-6H3,(H,38,41). The summed E-state index contributed by atoms with van der Waals surface area (Å²) in [6.45, 7) is 10.1. The molecule has 2 aromatic rings. The molecule has 1 amide bonds. The molecule has 0 fully saturated rings. The van der Waals surface area contributed by atoms with Gasteiger partial charge in [0, 0.05) is 31.8 Å². The van der Waals surface area contributed by atoms with Gasteiger partial charge in [-0.3, -0.25) is 10.5 Å². The van der Waals surface area contributed by atoms with Crippen molar-refractivity contribution in [1.82, 2.24) is 15.1 Å². The molecule has 11 heteroatoms. The molecule has 11 nitrogen and oxygen atoms in total. The molecule has 0 radical (unpaired) electrons. The fraction of sp³-hybridized carbons (Fsp3) is 0.611. The molecular formula is C36H58N4O7. The van der Waals surface area contributed by atoms with E-state index in [0.29, 0.717) is 13.0 Å². The van der Waals surface area contributed by atoms with Crippen LogP contribution in [0.3, 0.4) is 0 Å². The Morgan fingerprint density at radius 2 is 1.21 bits per heavy atom. The summed E-state index contributed by atoms with van der Waals surface area (Å²) in [5.74, 6) is 1.50. The van der Waals surface area contributed by atoms with Crippen molar-refractivity contribution in [3.63, 3.8) is 0 Å². The van der Waals surface area contributed by atoms with E-state index in [9.17, 15) is 9.59 Å². The van der Waals surface area contributed by atoms with E-state index in [2.05, 4.69) is 29.0 Å². The Labute approximate surface area is 282 Å². The molecular weight excluding hydrogens is 600 g/mol. The van der Waals surface area contributed by atoms with Gasteiger partial charge in [-0.25, -0.2) is 4.79 Å². The van der Waals surface area contributed by atoms with Crippen molar-refractivity contribution < 1.29 is 33.3 Å². The van der Waals surface area contributed by atoms with E-state index < -0.39 is 18.1 Å². The van der Waals surface area contributed by atoms with Gasteiger partial charge >= 0.3 is 11.9 Å². The highest BCUT2D eigenvalue weighted by molar-refractivity contribution is 6.32. The van der Waals surface area contributed by atoms with Crippen LogP contribution < -0.4 is 30.0 Å². The molecule has 0 bridgehead atoms. The lowest BCUT2D eigenvalue weighted by Gasteiger charge is -2.23. The van der Waals surface area contributed by atoms with E-state index in [1.165, 1.54) is 0 Å². The Kier molecular flexibility index (Phi) is 19.3. The Balaban J connectivity index is 1.66.